The summed E-state index contributed by atoms with van der Waals surface area (Å²) in [4.78, 5) is 24.0. The predicted molar refractivity (Wildman–Crippen MR) is 74.4 cm³/mol. The Labute approximate surface area is 126 Å². The van der Waals surface area contributed by atoms with Gasteiger partial charge in [0.15, 0.2) is 5.54 Å². The highest BCUT2D eigenvalue weighted by Gasteiger charge is 2.44. The van der Waals surface area contributed by atoms with E-state index in [1.807, 2.05) is 0 Å². The van der Waals surface area contributed by atoms with E-state index in [1.165, 1.54) is 6.92 Å². The van der Waals surface area contributed by atoms with E-state index in [0.29, 0.717) is 6.41 Å². The van der Waals surface area contributed by atoms with Crippen molar-refractivity contribution in [2.75, 3.05) is 0 Å². The molecule has 0 heterocycles. The molecule has 110 valence electrons. The van der Waals surface area contributed by atoms with Crippen LogP contribution in [-0.4, -0.2) is 28.4 Å². The third kappa shape index (κ3) is 2.74. The van der Waals surface area contributed by atoms with Gasteiger partial charge in [-0.05, 0) is 32.9 Å². The number of carbonyl (C=O) groups excluding carboxylic acids is 1. The topological polar surface area (TPSA) is 57.6 Å². The standard InChI is InChI=1S/C13H14Cl2FNO3/c1-7(2)17(6-18)13(3,12(19)20)8-4-11(16)10(15)5-9(8)14/h4-7H,1-3H3,(H,19,20). The van der Waals surface area contributed by atoms with Gasteiger partial charge in [0.1, 0.15) is 5.82 Å². The van der Waals surface area contributed by atoms with Crippen molar-refractivity contribution in [3.05, 3.63) is 33.6 Å². The molecule has 1 rings (SSSR count). The Morgan fingerprint density at radius 2 is 1.95 bits per heavy atom. The Morgan fingerprint density at radius 3 is 2.35 bits per heavy atom. The second-order valence-corrected chi connectivity index (χ2v) is 5.54. The molecule has 1 aromatic rings. The van der Waals surface area contributed by atoms with Crippen molar-refractivity contribution in [2.45, 2.75) is 32.4 Å². The van der Waals surface area contributed by atoms with Gasteiger partial charge in [0, 0.05) is 16.6 Å². The van der Waals surface area contributed by atoms with Gasteiger partial charge < -0.3 is 10.0 Å². The van der Waals surface area contributed by atoms with Crippen LogP contribution >= 0.6 is 23.2 Å². The number of aliphatic carboxylic acids is 1. The molecule has 20 heavy (non-hydrogen) atoms. The first-order valence-corrected chi connectivity index (χ1v) is 6.54. The monoisotopic (exact) mass is 321 g/mol. The van der Waals surface area contributed by atoms with Gasteiger partial charge in [-0.3, -0.25) is 4.79 Å². The fourth-order valence-electron chi connectivity index (χ4n) is 2.00. The minimum Gasteiger partial charge on any atom is -0.479 e. The minimum atomic E-state index is -1.79. The van der Waals surface area contributed by atoms with Crippen LogP contribution in [0.1, 0.15) is 26.3 Å². The molecule has 0 aromatic heterocycles. The van der Waals surface area contributed by atoms with Crippen LogP contribution in [0, 0.1) is 5.82 Å². The number of carboxylic acid groups (broad SMARTS) is 1. The Hall–Kier alpha value is -1.33. The molecule has 0 bridgehead atoms. The fraction of sp³-hybridized carbons (Fsp3) is 0.385. The second-order valence-electron chi connectivity index (χ2n) is 4.73. The smallest absolute Gasteiger partial charge is 0.334 e. The molecule has 1 aromatic carbocycles. The highest BCUT2D eigenvalue weighted by molar-refractivity contribution is 6.35. The lowest BCUT2D eigenvalue weighted by molar-refractivity contribution is -0.156. The molecule has 0 saturated carbocycles. The number of nitrogens with zero attached hydrogens (tertiary/aromatic N) is 1. The number of benzene rings is 1. The summed E-state index contributed by atoms with van der Waals surface area (Å²) in [5, 5.41) is 9.27. The van der Waals surface area contributed by atoms with Crippen molar-refractivity contribution in [1.82, 2.24) is 4.90 Å². The summed E-state index contributed by atoms with van der Waals surface area (Å²) in [6.45, 7) is 4.59. The van der Waals surface area contributed by atoms with Gasteiger partial charge in [-0.25, -0.2) is 9.18 Å². The van der Waals surface area contributed by atoms with Crippen LogP contribution in [0.5, 0.6) is 0 Å². The van der Waals surface area contributed by atoms with Crippen LogP contribution in [0.25, 0.3) is 0 Å². The van der Waals surface area contributed by atoms with Crippen molar-refractivity contribution in [2.24, 2.45) is 0 Å². The lowest BCUT2D eigenvalue weighted by Crippen LogP contribution is -2.52. The van der Waals surface area contributed by atoms with E-state index < -0.39 is 23.4 Å². The number of carboxylic acids is 1. The number of amides is 1. The number of rotatable bonds is 5. The molecule has 7 heteroatoms. The summed E-state index contributed by atoms with van der Waals surface area (Å²) in [5.41, 5.74) is -1.83. The van der Waals surface area contributed by atoms with Crippen LogP contribution < -0.4 is 0 Å². The molecule has 1 atom stereocenters. The van der Waals surface area contributed by atoms with Crippen LogP contribution in [0.2, 0.25) is 10.0 Å². The molecule has 1 N–H and O–H groups in total. The van der Waals surface area contributed by atoms with E-state index in [-0.39, 0.29) is 15.6 Å². The summed E-state index contributed by atoms with van der Waals surface area (Å²) >= 11 is 11.6. The fourth-order valence-corrected chi connectivity index (χ4v) is 2.57. The summed E-state index contributed by atoms with van der Waals surface area (Å²) < 4.78 is 13.6. The van der Waals surface area contributed by atoms with Crippen molar-refractivity contribution < 1.29 is 19.1 Å². The van der Waals surface area contributed by atoms with Gasteiger partial charge in [-0.15, -0.1) is 0 Å². The van der Waals surface area contributed by atoms with Crippen molar-refractivity contribution in [3.63, 3.8) is 0 Å². The zero-order valence-electron chi connectivity index (χ0n) is 11.2. The van der Waals surface area contributed by atoms with E-state index in [4.69, 9.17) is 23.2 Å². The number of carbonyl (C=O) groups is 2. The van der Waals surface area contributed by atoms with Gasteiger partial charge in [0.05, 0.1) is 5.02 Å². The minimum absolute atomic E-state index is 0.0196. The maximum Gasteiger partial charge on any atom is 0.334 e. The first-order chi connectivity index (χ1) is 9.16. The summed E-state index contributed by atoms with van der Waals surface area (Å²) in [6, 6.07) is 1.65. The highest BCUT2D eigenvalue weighted by atomic mass is 35.5. The average molecular weight is 322 g/mol. The van der Waals surface area contributed by atoms with Gasteiger partial charge in [-0.1, -0.05) is 23.2 Å². The Kier molecular flexibility index (Phi) is 5.00. The summed E-state index contributed by atoms with van der Waals surface area (Å²) in [5.74, 6) is -2.12. The van der Waals surface area contributed by atoms with Crippen molar-refractivity contribution in [1.29, 1.82) is 0 Å². The Morgan fingerprint density at radius 1 is 1.40 bits per heavy atom. The molecule has 0 radical (unpaired) electrons. The van der Waals surface area contributed by atoms with E-state index in [1.54, 1.807) is 13.8 Å². The maximum absolute atomic E-state index is 13.6. The molecule has 0 aliphatic rings. The van der Waals surface area contributed by atoms with Crippen molar-refractivity contribution >= 4 is 35.6 Å². The van der Waals surface area contributed by atoms with Crippen LogP contribution in [0.3, 0.4) is 0 Å². The van der Waals surface area contributed by atoms with E-state index in [2.05, 4.69) is 0 Å². The molecule has 0 spiro atoms. The molecule has 4 nitrogen and oxygen atoms in total. The highest BCUT2D eigenvalue weighted by Crippen LogP contribution is 2.36. The Balaban J connectivity index is 3.60. The van der Waals surface area contributed by atoms with Crippen molar-refractivity contribution in [3.8, 4) is 0 Å². The zero-order valence-corrected chi connectivity index (χ0v) is 12.7. The van der Waals surface area contributed by atoms with Crippen LogP contribution in [0.4, 0.5) is 4.39 Å². The zero-order chi connectivity index (χ0) is 15.7. The third-order valence-electron chi connectivity index (χ3n) is 3.14. The lowest BCUT2D eigenvalue weighted by Gasteiger charge is -2.38. The van der Waals surface area contributed by atoms with Crippen LogP contribution in [0.15, 0.2) is 12.1 Å². The molecule has 0 aliphatic heterocycles. The van der Waals surface area contributed by atoms with E-state index >= 15 is 0 Å². The number of halogens is 3. The molecule has 0 aliphatic carbocycles. The number of hydrogen-bond donors (Lipinski definition) is 1. The molecule has 0 fully saturated rings. The first-order valence-electron chi connectivity index (χ1n) is 5.78. The molecule has 1 amide bonds. The van der Waals surface area contributed by atoms with Gasteiger partial charge in [-0.2, -0.15) is 0 Å². The average Bonchev–Trinajstić information content (AvgIpc) is 2.33. The molecular formula is C13H14Cl2FNO3. The second kappa shape index (κ2) is 5.97. The van der Waals surface area contributed by atoms with Gasteiger partial charge in [0.2, 0.25) is 6.41 Å². The van der Waals surface area contributed by atoms with Crippen LogP contribution in [-0.2, 0) is 15.1 Å². The first kappa shape index (κ1) is 16.7. The molecule has 1 unspecified atom stereocenters. The van der Waals surface area contributed by atoms with E-state index in [9.17, 15) is 19.1 Å². The molecule has 0 saturated heterocycles. The number of hydrogen-bond acceptors (Lipinski definition) is 2. The SMILES string of the molecule is CC(C)N(C=O)C(C)(C(=O)O)c1cc(F)c(Cl)cc1Cl. The van der Waals surface area contributed by atoms with Gasteiger partial charge in [0.25, 0.3) is 0 Å². The normalized spacial score (nSPS) is 13.9. The molecular weight excluding hydrogens is 308 g/mol. The maximum atomic E-state index is 13.6. The quantitative estimate of drug-likeness (QED) is 0.668. The predicted octanol–water partition coefficient (Wildman–Crippen LogP) is 3.30. The largest absolute Gasteiger partial charge is 0.479 e. The third-order valence-corrected chi connectivity index (χ3v) is 3.74. The Bertz CT molecular complexity index is 551. The summed E-state index contributed by atoms with van der Waals surface area (Å²) in [6.07, 6.45) is 0.404. The lowest BCUT2D eigenvalue weighted by atomic mass is 9.89. The summed E-state index contributed by atoms with van der Waals surface area (Å²) in [7, 11) is 0. The van der Waals surface area contributed by atoms with Gasteiger partial charge >= 0.3 is 5.97 Å². The van der Waals surface area contributed by atoms with E-state index in [0.717, 1.165) is 17.0 Å².